The summed E-state index contributed by atoms with van der Waals surface area (Å²) in [5, 5.41) is 2.40. The predicted octanol–water partition coefficient (Wildman–Crippen LogP) is -1.71. The van der Waals surface area contributed by atoms with E-state index >= 15 is 0 Å². The van der Waals surface area contributed by atoms with Gasteiger partial charge in [-0.1, -0.05) is 0 Å². The molecule has 0 unspecified atom stereocenters. The van der Waals surface area contributed by atoms with E-state index in [2.05, 4.69) is 8.57 Å². The molecule has 0 aromatic heterocycles. The van der Waals surface area contributed by atoms with Crippen molar-refractivity contribution in [2.24, 2.45) is 10.7 Å². The SMILES string of the molecule is O=NOS(=O)(=O)S(=O)(=O)S(=O)(=O)ON=O. The molecule has 0 aliphatic heterocycles. The van der Waals surface area contributed by atoms with E-state index in [0.29, 0.717) is 0 Å². The van der Waals surface area contributed by atoms with E-state index < -0.39 is 26.2 Å². The third-order valence-corrected chi connectivity index (χ3v) is 8.60. The lowest BCUT2D eigenvalue weighted by Gasteiger charge is -1.98. The van der Waals surface area contributed by atoms with Crippen molar-refractivity contribution in [2.75, 3.05) is 0 Å². The van der Waals surface area contributed by atoms with Crippen molar-refractivity contribution in [1.29, 1.82) is 0 Å². The second-order valence-corrected chi connectivity index (χ2v) is 9.99. The van der Waals surface area contributed by atoms with Gasteiger partial charge in [0.05, 0.1) is 0 Å². The van der Waals surface area contributed by atoms with Gasteiger partial charge in [0.1, 0.15) is 0 Å². The van der Waals surface area contributed by atoms with Gasteiger partial charge in [0.25, 0.3) is 0 Å². The van der Waals surface area contributed by atoms with E-state index in [1.54, 1.807) is 0 Å². The fourth-order valence-electron chi connectivity index (χ4n) is 0.251. The van der Waals surface area contributed by atoms with Gasteiger partial charge in [0, 0.05) is 0 Å². The highest BCUT2D eigenvalue weighted by Crippen LogP contribution is 2.16. The summed E-state index contributed by atoms with van der Waals surface area (Å²) in [7, 11) is -18.0. The van der Waals surface area contributed by atoms with Crippen molar-refractivity contribution in [2.45, 2.75) is 0 Å². The van der Waals surface area contributed by atoms with Crippen LogP contribution in [0.1, 0.15) is 0 Å². The smallest absolute Gasteiger partial charge is 0.219 e. The molecule has 0 bridgehead atoms. The molecule has 0 spiro atoms. The molecule has 0 N–H and O–H groups in total. The third kappa shape index (κ3) is 2.36. The van der Waals surface area contributed by atoms with Crippen molar-refractivity contribution in [3.8, 4) is 0 Å². The molecule has 0 aliphatic rings. The Morgan fingerprint density at radius 1 is 0.667 bits per heavy atom. The lowest BCUT2D eigenvalue weighted by atomic mass is 13.4. The molecule has 0 atom stereocenters. The molecule has 0 radical (unpaired) electrons. The Labute approximate surface area is 81.0 Å². The Morgan fingerprint density at radius 3 is 1.13 bits per heavy atom. The molecular formula is N2O10S3. The van der Waals surface area contributed by atoms with Gasteiger partial charge >= 0.3 is 26.2 Å². The minimum atomic E-state index is -6.15. The van der Waals surface area contributed by atoms with Crippen molar-refractivity contribution in [3.63, 3.8) is 0 Å². The van der Waals surface area contributed by atoms with Crippen LogP contribution in [0.4, 0.5) is 0 Å². The monoisotopic (exact) mass is 284 g/mol. The molecule has 88 valence electrons. The molecule has 0 fully saturated rings. The Morgan fingerprint density at radius 2 is 0.933 bits per heavy atom. The zero-order valence-corrected chi connectivity index (χ0v) is 8.65. The summed E-state index contributed by atoms with van der Waals surface area (Å²) in [5.41, 5.74) is 0. The third-order valence-electron chi connectivity index (χ3n) is 0.743. The normalized spacial score (nSPS) is 12.8. The molecule has 0 heterocycles. The average Bonchev–Trinajstić information content (AvgIpc) is 2.03. The van der Waals surface area contributed by atoms with Crippen LogP contribution in [-0.2, 0) is 34.8 Å². The fraction of sp³-hybridized carbons (Fsp3) is 0. The van der Waals surface area contributed by atoms with Crippen LogP contribution in [0.5, 0.6) is 0 Å². The van der Waals surface area contributed by atoms with Crippen molar-refractivity contribution < 1.29 is 33.8 Å². The van der Waals surface area contributed by atoms with Crippen molar-refractivity contribution in [3.05, 3.63) is 9.81 Å². The van der Waals surface area contributed by atoms with Gasteiger partial charge in [0.15, 0.2) is 10.7 Å². The maximum absolute atomic E-state index is 10.6. The van der Waals surface area contributed by atoms with Crippen LogP contribution >= 0.6 is 0 Å². The second kappa shape index (κ2) is 4.03. The molecule has 0 aliphatic carbocycles. The first-order valence-corrected chi connectivity index (χ1v) is 7.73. The zero-order chi connectivity index (χ0) is 12.3. The van der Waals surface area contributed by atoms with E-state index in [1.807, 2.05) is 0 Å². The predicted molar refractivity (Wildman–Crippen MR) is 40.5 cm³/mol. The molecule has 15 heteroatoms. The number of hydrogen-bond donors (Lipinski definition) is 0. The van der Waals surface area contributed by atoms with Crippen LogP contribution in [0.3, 0.4) is 0 Å². The first-order chi connectivity index (χ1) is 6.62. The standard InChI is InChI=1S/N2O10S3/c3-1-11-13(5,6)15(9,10)14(7,8)12-2-4. The van der Waals surface area contributed by atoms with E-state index in [-0.39, 0.29) is 0 Å². The van der Waals surface area contributed by atoms with Gasteiger partial charge < -0.3 is 0 Å². The molecule has 0 saturated heterocycles. The van der Waals surface area contributed by atoms with Gasteiger partial charge in [-0.2, -0.15) is 25.3 Å². The molecule has 0 aromatic rings. The Hall–Kier alpha value is -1.35. The van der Waals surface area contributed by atoms with Gasteiger partial charge in [0.2, 0.25) is 0 Å². The van der Waals surface area contributed by atoms with E-state index in [1.165, 1.54) is 10.7 Å². The van der Waals surface area contributed by atoms with E-state index in [0.717, 1.165) is 0 Å². The molecule has 0 amide bonds. The summed E-state index contributed by atoms with van der Waals surface area (Å²) in [6.45, 7) is 0. The van der Waals surface area contributed by atoms with Crippen molar-refractivity contribution in [1.82, 2.24) is 0 Å². The lowest BCUT2D eigenvalue weighted by molar-refractivity contribution is 0.337. The molecule has 0 rings (SSSR count). The summed E-state index contributed by atoms with van der Waals surface area (Å²) >= 11 is 0. The largest absolute Gasteiger partial charge is 0.458 e. The number of hydrogen-bond acceptors (Lipinski definition) is 12. The summed E-state index contributed by atoms with van der Waals surface area (Å²) < 4.78 is 68.7. The summed E-state index contributed by atoms with van der Waals surface area (Å²) in [4.78, 5) is 18.6. The Bertz CT molecular complexity index is 498. The Kier molecular flexibility index (Phi) is 3.66. The molecule has 12 nitrogen and oxygen atoms in total. The van der Waals surface area contributed by atoms with Crippen LogP contribution in [0.25, 0.3) is 0 Å². The number of nitrogens with zero attached hydrogens (tertiary/aromatic N) is 2. The summed E-state index contributed by atoms with van der Waals surface area (Å²) in [6.07, 6.45) is 0. The first-order valence-electron chi connectivity index (χ1n) is 2.40. The zero-order valence-electron chi connectivity index (χ0n) is 6.20. The topological polar surface area (TPSA) is 180 Å². The minimum absolute atomic E-state index is 1.20. The van der Waals surface area contributed by atoms with Gasteiger partial charge in [-0.15, -0.1) is 9.81 Å². The van der Waals surface area contributed by atoms with Crippen LogP contribution in [-0.4, -0.2) is 25.3 Å². The highest BCUT2D eigenvalue weighted by Gasteiger charge is 2.49. The van der Waals surface area contributed by atoms with Crippen LogP contribution < -0.4 is 0 Å². The highest BCUT2D eigenvalue weighted by molar-refractivity contribution is 8.97. The summed E-state index contributed by atoms with van der Waals surface area (Å²) in [5.74, 6) is 0. The van der Waals surface area contributed by atoms with E-state index in [9.17, 15) is 35.1 Å². The van der Waals surface area contributed by atoms with E-state index in [4.69, 9.17) is 0 Å². The maximum atomic E-state index is 10.6. The van der Waals surface area contributed by atoms with Crippen LogP contribution in [0.15, 0.2) is 10.7 Å². The fourth-order valence-corrected chi connectivity index (χ4v) is 4.25. The first kappa shape index (κ1) is 13.7. The van der Waals surface area contributed by atoms with Gasteiger partial charge in [-0.05, 0) is 0 Å². The maximum Gasteiger partial charge on any atom is 0.458 e. The number of rotatable bonds is 6. The minimum Gasteiger partial charge on any atom is -0.219 e. The molecule has 0 aromatic carbocycles. The quantitative estimate of drug-likeness (QED) is 0.309. The summed E-state index contributed by atoms with van der Waals surface area (Å²) in [6, 6.07) is 0. The van der Waals surface area contributed by atoms with Gasteiger partial charge in [-0.25, -0.2) is 8.57 Å². The van der Waals surface area contributed by atoms with Crippen LogP contribution in [0, 0.1) is 9.81 Å². The lowest BCUT2D eigenvalue weighted by Crippen LogP contribution is -2.25. The molecule has 15 heavy (non-hydrogen) atoms. The molecule has 0 saturated carbocycles. The molecular weight excluding hydrogens is 284 g/mol. The Balaban J connectivity index is 5.76. The second-order valence-electron chi connectivity index (χ2n) is 1.52. The van der Waals surface area contributed by atoms with Crippen molar-refractivity contribution >= 4 is 26.2 Å². The highest BCUT2D eigenvalue weighted by atomic mass is 33.6. The van der Waals surface area contributed by atoms with Crippen LogP contribution in [0.2, 0.25) is 0 Å². The van der Waals surface area contributed by atoms with Gasteiger partial charge in [-0.3, -0.25) is 0 Å². The average molecular weight is 284 g/mol.